The molecular formula is C48H30O. The van der Waals surface area contributed by atoms with E-state index in [2.05, 4.69) is 0 Å². The second-order valence-corrected chi connectivity index (χ2v) is 11.1. The molecule has 9 aromatic carbocycles. The minimum absolute atomic E-state index is 0.0972. The fourth-order valence-electron chi connectivity index (χ4n) is 6.40. The van der Waals surface area contributed by atoms with Gasteiger partial charge in [-0.05, 0) is 101 Å². The van der Waals surface area contributed by atoms with Crippen molar-refractivity contribution in [1.82, 2.24) is 0 Å². The Bertz CT molecular complexity index is 4050. The third-order valence-electron chi connectivity index (χ3n) is 8.44. The minimum Gasteiger partial charge on any atom is -0.456 e. The van der Waals surface area contributed by atoms with Crippen LogP contribution in [0.4, 0.5) is 0 Å². The Morgan fingerprint density at radius 2 is 0.980 bits per heavy atom. The molecule has 0 aliphatic rings. The highest BCUT2D eigenvalue weighted by Crippen LogP contribution is 2.47. The molecule has 0 aliphatic carbocycles. The van der Waals surface area contributed by atoms with Gasteiger partial charge in [0.15, 0.2) is 0 Å². The fraction of sp³-hybridized carbons (Fsp3) is 0. The lowest BCUT2D eigenvalue weighted by molar-refractivity contribution is 0.669. The van der Waals surface area contributed by atoms with Crippen molar-refractivity contribution >= 4 is 54.3 Å². The Morgan fingerprint density at radius 1 is 0.367 bits per heavy atom. The summed E-state index contributed by atoms with van der Waals surface area (Å²) >= 11 is 0. The summed E-state index contributed by atoms with van der Waals surface area (Å²) in [6.45, 7) is 0. The number of hydrogen-bond donors (Lipinski definition) is 0. The summed E-state index contributed by atoms with van der Waals surface area (Å²) in [6.07, 6.45) is 0. The summed E-state index contributed by atoms with van der Waals surface area (Å²) in [5.41, 5.74) is -2.90. The monoisotopic (exact) mass is 644 g/mol. The summed E-state index contributed by atoms with van der Waals surface area (Å²) in [7, 11) is 0. The van der Waals surface area contributed by atoms with E-state index in [0.29, 0.717) is 0 Å². The molecule has 228 valence electrons. The van der Waals surface area contributed by atoms with Gasteiger partial charge in [0.05, 0.1) is 30.2 Å². The lowest BCUT2D eigenvalue weighted by Crippen LogP contribution is -1.91. The number of benzene rings is 9. The van der Waals surface area contributed by atoms with Crippen molar-refractivity contribution in [3.8, 4) is 44.5 Å². The molecule has 0 aliphatic heterocycles. The van der Waals surface area contributed by atoms with Crippen LogP contribution in [0.2, 0.25) is 0 Å². The third-order valence-corrected chi connectivity index (χ3v) is 8.44. The maximum Gasteiger partial charge on any atom is 0.136 e. The Balaban J connectivity index is 1.36. The quantitative estimate of drug-likeness (QED) is 0.174. The molecule has 0 atom stereocenters. The first kappa shape index (κ1) is 13.6. The van der Waals surface area contributed by atoms with Crippen LogP contribution in [0.5, 0.6) is 0 Å². The zero-order valence-corrected chi connectivity index (χ0v) is 25.0. The molecule has 10 rings (SSSR count). The zero-order chi connectivity index (χ0) is 51.5. The van der Waals surface area contributed by atoms with E-state index in [1.54, 1.807) is 48.5 Å². The van der Waals surface area contributed by atoms with Gasteiger partial charge in [-0.25, -0.2) is 0 Å². The van der Waals surface area contributed by atoms with Crippen LogP contribution in [0, 0.1) is 0 Å². The topological polar surface area (TPSA) is 13.1 Å². The SMILES string of the molecule is [2H]c1c([2H])c([2H])c(-c2c([2H])c([2H])c3c(oc4c([2H])c([2H])c([2H])c(-c5c6ccccc6c(-c6c([2H])c([2H])c([2H])c(-c7c([2H])c([2H])c([2H])c8c([2H])c([2H])c([2H])c([2H])c78)c6[2H])c6ccccc56)c43)c2[2H])c([2H])c1[2H]. The van der Waals surface area contributed by atoms with Crippen LogP contribution in [0.1, 0.15) is 30.2 Å². The summed E-state index contributed by atoms with van der Waals surface area (Å²) in [4.78, 5) is 0. The predicted molar refractivity (Wildman–Crippen MR) is 208 cm³/mol. The molecule has 1 heteroatoms. The molecule has 10 aromatic rings. The van der Waals surface area contributed by atoms with E-state index in [1.807, 2.05) is 0 Å². The Kier molecular flexibility index (Phi) is 3.07. The second-order valence-electron chi connectivity index (χ2n) is 11.1. The van der Waals surface area contributed by atoms with Gasteiger partial charge in [-0.2, -0.15) is 0 Å². The van der Waals surface area contributed by atoms with Gasteiger partial charge in [-0.15, -0.1) is 0 Å². The first-order valence-electron chi connectivity index (χ1n) is 26.1. The van der Waals surface area contributed by atoms with E-state index in [9.17, 15) is 8.22 Å². The van der Waals surface area contributed by atoms with Crippen LogP contribution in [0.15, 0.2) is 186 Å². The van der Waals surface area contributed by atoms with Crippen molar-refractivity contribution in [2.24, 2.45) is 0 Å². The number of hydrogen-bond acceptors (Lipinski definition) is 1. The van der Waals surface area contributed by atoms with Gasteiger partial charge in [-0.3, -0.25) is 0 Å². The van der Waals surface area contributed by atoms with E-state index in [4.69, 9.17) is 26.3 Å². The van der Waals surface area contributed by atoms with Gasteiger partial charge >= 0.3 is 0 Å². The molecule has 1 heterocycles. The zero-order valence-electron chi connectivity index (χ0n) is 47.0. The van der Waals surface area contributed by atoms with Crippen molar-refractivity contribution in [2.45, 2.75) is 0 Å². The van der Waals surface area contributed by atoms with Crippen LogP contribution >= 0.6 is 0 Å². The van der Waals surface area contributed by atoms with Gasteiger partial charge in [0.25, 0.3) is 0 Å². The largest absolute Gasteiger partial charge is 0.456 e. The van der Waals surface area contributed by atoms with E-state index < -0.39 is 172 Å². The van der Waals surface area contributed by atoms with Gasteiger partial charge in [0, 0.05) is 10.8 Å². The molecule has 49 heavy (non-hydrogen) atoms. The van der Waals surface area contributed by atoms with Crippen molar-refractivity contribution in [2.75, 3.05) is 0 Å². The molecule has 0 saturated carbocycles. The predicted octanol–water partition coefficient (Wildman–Crippen LogP) is 13.7. The first-order valence-corrected chi connectivity index (χ1v) is 15.1. The van der Waals surface area contributed by atoms with Crippen LogP contribution in [0.3, 0.4) is 0 Å². The normalized spacial score (nSPS) is 18.0. The summed E-state index contributed by atoms with van der Waals surface area (Å²) < 4.78 is 202. The molecule has 0 fully saturated rings. The van der Waals surface area contributed by atoms with E-state index >= 15 is 0 Å². The lowest BCUT2D eigenvalue weighted by atomic mass is 9.84. The van der Waals surface area contributed by atoms with Gasteiger partial charge < -0.3 is 4.42 Å². The highest BCUT2D eigenvalue weighted by atomic mass is 16.3. The maximum absolute atomic E-state index is 9.85. The molecule has 0 radical (unpaired) electrons. The standard InChI is InChI=1S/C48H30O/c1-2-13-31(14-3-1)33-27-28-42-45(30-33)49-44-26-12-25-43(48(42)44)47-40-22-8-6-20-38(40)46(39-21-7-9-23-41(39)47)35-18-10-17-34(29-35)37-24-11-16-32-15-4-5-19-36(32)37/h1-30H/i1D,2D,3D,4D,5D,10D,11D,12D,13D,14D,15D,16D,17D,18D,19D,24D,25D,26D,27D,28D,29D,30D. The molecule has 1 aromatic heterocycles. The van der Waals surface area contributed by atoms with Gasteiger partial charge in [0.1, 0.15) is 11.2 Å². The smallest absolute Gasteiger partial charge is 0.136 e. The van der Waals surface area contributed by atoms with Crippen molar-refractivity contribution in [3.05, 3.63) is 181 Å². The molecule has 0 bridgehead atoms. The molecule has 1 nitrogen and oxygen atoms in total. The molecule has 0 N–H and O–H groups in total. The maximum atomic E-state index is 9.85. The molecule has 0 unspecified atom stereocenters. The van der Waals surface area contributed by atoms with Crippen molar-refractivity contribution in [1.29, 1.82) is 0 Å². The second kappa shape index (κ2) is 11.1. The number of fused-ring (bicyclic) bond motifs is 6. The molecular weight excluding hydrogens is 593 g/mol. The third kappa shape index (κ3) is 4.40. The summed E-state index contributed by atoms with van der Waals surface area (Å²) in [5.74, 6) is 0. The molecule has 0 saturated heterocycles. The van der Waals surface area contributed by atoms with E-state index in [1.165, 1.54) is 0 Å². The first-order chi connectivity index (χ1) is 33.5. The highest BCUT2D eigenvalue weighted by molar-refractivity contribution is 6.25. The van der Waals surface area contributed by atoms with Gasteiger partial charge in [-0.1, -0.05) is 157 Å². The molecule has 0 spiro atoms. The Hall–Kier alpha value is -6.44. The van der Waals surface area contributed by atoms with Crippen LogP contribution in [0.25, 0.3) is 98.8 Å². The van der Waals surface area contributed by atoms with Crippen molar-refractivity contribution in [3.63, 3.8) is 0 Å². The van der Waals surface area contributed by atoms with E-state index in [-0.39, 0.29) is 60.2 Å². The Labute approximate surface area is 315 Å². The fourth-order valence-corrected chi connectivity index (χ4v) is 6.40. The van der Waals surface area contributed by atoms with Crippen LogP contribution in [-0.2, 0) is 0 Å². The average molecular weight is 645 g/mol. The summed E-state index contributed by atoms with van der Waals surface area (Å²) in [6, 6.07) is -2.42. The lowest BCUT2D eigenvalue weighted by Gasteiger charge is -2.19. The van der Waals surface area contributed by atoms with Crippen LogP contribution in [-0.4, -0.2) is 0 Å². The average Bonchev–Trinajstić information content (AvgIpc) is 3.76. The van der Waals surface area contributed by atoms with Gasteiger partial charge in [0.2, 0.25) is 0 Å². The number of furan rings is 1. The summed E-state index contributed by atoms with van der Waals surface area (Å²) in [5, 5.41) is -0.193. The highest BCUT2D eigenvalue weighted by Gasteiger charge is 2.20. The van der Waals surface area contributed by atoms with Crippen molar-refractivity contribution < 1.29 is 34.6 Å². The van der Waals surface area contributed by atoms with Crippen LogP contribution < -0.4 is 0 Å². The minimum atomic E-state index is -0.771. The number of rotatable bonds is 4. The molecule has 0 amide bonds. The Morgan fingerprint density at radius 3 is 1.78 bits per heavy atom. The van der Waals surface area contributed by atoms with E-state index in [0.717, 1.165) is 0 Å².